The third-order valence-corrected chi connectivity index (χ3v) is 6.77. The van der Waals surface area contributed by atoms with E-state index in [1.165, 1.54) is 12.1 Å². The van der Waals surface area contributed by atoms with Crippen LogP contribution in [0.5, 0.6) is 0 Å². The van der Waals surface area contributed by atoms with Gasteiger partial charge in [-0.15, -0.1) is 0 Å². The normalized spacial score (nSPS) is 14.4. The number of carbonyl (C=O) groups is 2. The van der Waals surface area contributed by atoms with E-state index in [0.717, 1.165) is 16.9 Å². The number of hydrogen-bond acceptors (Lipinski definition) is 3. The van der Waals surface area contributed by atoms with Gasteiger partial charge in [-0.3, -0.25) is 9.59 Å². The predicted octanol–water partition coefficient (Wildman–Crippen LogP) is 7.10. The molecule has 0 radical (unpaired) electrons. The Morgan fingerprint density at radius 3 is 2.50 bits per heavy atom. The molecular formula is C26H18Cl3N3O2. The van der Waals surface area contributed by atoms with Crippen molar-refractivity contribution in [3.63, 3.8) is 0 Å². The molecule has 5 rings (SSSR count). The van der Waals surface area contributed by atoms with Crippen molar-refractivity contribution < 1.29 is 9.59 Å². The molecule has 8 heteroatoms. The first-order valence-corrected chi connectivity index (χ1v) is 11.6. The van der Waals surface area contributed by atoms with Gasteiger partial charge in [-0.1, -0.05) is 53.0 Å². The lowest BCUT2D eigenvalue weighted by Gasteiger charge is -2.18. The number of fused-ring (bicyclic) bond motifs is 2. The van der Waals surface area contributed by atoms with E-state index in [-0.39, 0.29) is 21.4 Å². The van der Waals surface area contributed by atoms with Crippen LogP contribution in [0.3, 0.4) is 0 Å². The number of Topliss-reactive ketones (excluding diaryl/α,β-unsaturated/α-hetero) is 1. The van der Waals surface area contributed by atoms with E-state index in [4.69, 9.17) is 34.8 Å². The van der Waals surface area contributed by atoms with Crippen molar-refractivity contribution in [2.45, 2.75) is 12.6 Å². The quantitative estimate of drug-likeness (QED) is 0.227. The summed E-state index contributed by atoms with van der Waals surface area (Å²) in [5.74, 6) is -0.521. The van der Waals surface area contributed by atoms with E-state index in [1.54, 1.807) is 24.3 Å². The molecule has 5 nitrogen and oxygen atoms in total. The minimum atomic E-state index is -0.536. The first-order valence-electron chi connectivity index (χ1n) is 10.5. The van der Waals surface area contributed by atoms with Gasteiger partial charge in [0.1, 0.15) is 6.04 Å². The monoisotopic (exact) mass is 509 g/mol. The zero-order chi connectivity index (χ0) is 23.8. The smallest absolute Gasteiger partial charge is 0.257 e. The van der Waals surface area contributed by atoms with Crippen molar-refractivity contribution in [1.82, 2.24) is 4.57 Å². The van der Waals surface area contributed by atoms with Gasteiger partial charge in [-0.05, 0) is 60.2 Å². The van der Waals surface area contributed by atoms with Crippen LogP contribution in [0.4, 0.5) is 11.4 Å². The third kappa shape index (κ3) is 4.30. The van der Waals surface area contributed by atoms with Gasteiger partial charge in [0.05, 0.1) is 15.6 Å². The molecule has 0 aliphatic carbocycles. The van der Waals surface area contributed by atoms with Crippen LogP contribution in [0.15, 0.2) is 79.0 Å². The van der Waals surface area contributed by atoms with Gasteiger partial charge in [0.2, 0.25) is 0 Å². The van der Waals surface area contributed by atoms with Crippen LogP contribution < -0.4 is 10.6 Å². The number of para-hydroxylation sites is 1. The van der Waals surface area contributed by atoms with Gasteiger partial charge in [0.15, 0.2) is 5.78 Å². The second kappa shape index (κ2) is 9.18. The lowest BCUT2D eigenvalue weighted by molar-refractivity contribution is 0.0966. The van der Waals surface area contributed by atoms with Crippen LogP contribution in [0.2, 0.25) is 15.1 Å². The van der Waals surface area contributed by atoms with Crippen molar-refractivity contribution in [2.75, 3.05) is 10.6 Å². The van der Waals surface area contributed by atoms with E-state index in [1.807, 2.05) is 36.5 Å². The van der Waals surface area contributed by atoms with E-state index in [0.29, 0.717) is 22.8 Å². The SMILES string of the molecule is O=C(Nc1ccc(C(=O)C2Nc3ccccc3Cn3cccc32)cc1)c1cc(Cl)cc(Cl)c1Cl. The molecule has 1 amide bonds. The van der Waals surface area contributed by atoms with E-state index >= 15 is 0 Å². The van der Waals surface area contributed by atoms with Gasteiger partial charge >= 0.3 is 0 Å². The number of ketones is 1. The number of aromatic nitrogens is 1. The van der Waals surface area contributed by atoms with Crippen molar-refractivity contribution in [2.24, 2.45) is 0 Å². The zero-order valence-electron chi connectivity index (χ0n) is 17.7. The molecule has 0 saturated carbocycles. The molecule has 34 heavy (non-hydrogen) atoms. The Morgan fingerprint density at radius 2 is 1.71 bits per heavy atom. The minimum Gasteiger partial charge on any atom is -0.370 e. The summed E-state index contributed by atoms with van der Waals surface area (Å²) < 4.78 is 2.08. The molecule has 0 fully saturated rings. The molecule has 1 aliphatic heterocycles. The highest BCUT2D eigenvalue weighted by molar-refractivity contribution is 6.45. The predicted molar refractivity (Wildman–Crippen MR) is 137 cm³/mol. The second-order valence-electron chi connectivity index (χ2n) is 7.94. The average molecular weight is 511 g/mol. The summed E-state index contributed by atoms with van der Waals surface area (Å²) in [5, 5.41) is 6.80. The van der Waals surface area contributed by atoms with Crippen molar-refractivity contribution >= 4 is 57.9 Å². The van der Waals surface area contributed by atoms with E-state index in [9.17, 15) is 9.59 Å². The van der Waals surface area contributed by atoms with Crippen molar-refractivity contribution in [1.29, 1.82) is 0 Å². The Kier molecular flexibility index (Phi) is 6.09. The average Bonchev–Trinajstić information content (AvgIpc) is 3.22. The molecule has 2 N–H and O–H groups in total. The Bertz CT molecular complexity index is 1410. The number of nitrogens with one attached hydrogen (secondary N) is 2. The summed E-state index contributed by atoms with van der Waals surface area (Å²) in [7, 11) is 0. The fraction of sp³-hybridized carbons (Fsp3) is 0.0769. The van der Waals surface area contributed by atoms with Gasteiger partial charge in [-0.2, -0.15) is 0 Å². The number of nitrogens with zero attached hydrogens (tertiary/aromatic N) is 1. The molecule has 0 saturated heterocycles. The Hall–Kier alpha value is -3.25. The molecule has 170 valence electrons. The number of hydrogen-bond donors (Lipinski definition) is 2. The fourth-order valence-corrected chi connectivity index (χ4v) is 4.74. The maximum atomic E-state index is 13.5. The lowest BCUT2D eigenvalue weighted by atomic mass is 10.0. The Labute approximate surface area is 211 Å². The van der Waals surface area contributed by atoms with Crippen LogP contribution >= 0.6 is 34.8 Å². The fourth-order valence-electron chi connectivity index (χ4n) is 4.05. The topological polar surface area (TPSA) is 63.1 Å². The highest BCUT2D eigenvalue weighted by atomic mass is 35.5. The maximum Gasteiger partial charge on any atom is 0.257 e. The standard InChI is InChI=1S/C26H18Cl3N3O2/c27-17-12-19(23(29)20(28)13-17)26(34)30-18-9-7-15(8-10-18)25(33)24-22-6-3-11-32(22)14-16-4-1-2-5-21(16)31-24/h1-13,24,31H,14H2,(H,30,34). The van der Waals surface area contributed by atoms with Crippen molar-refractivity contribution in [3.05, 3.63) is 116 Å². The molecule has 3 aromatic carbocycles. The Morgan fingerprint density at radius 1 is 0.941 bits per heavy atom. The van der Waals surface area contributed by atoms with Gasteiger partial charge in [0.25, 0.3) is 5.91 Å². The number of anilines is 2. The van der Waals surface area contributed by atoms with Crippen LogP contribution in [0, 0.1) is 0 Å². The number of rotatable bonds is 4. The van der Waals surface area contributed by atoms with Crippen LogP contribution in [-0.4, -0.2) is 16.3 Å². The summed E-state index contributed by atoms with van der Waals surface area (Å²) in [6, 6.07) is 21.0. The summed E-state index contributed by atoms with van der Waals surface area (Å²) in [6.07, 6.45) is 1.98. The largest absolute Gasteiger partial charge is 0.370 e. The molecule has 0 spiro atoms. The number of carbonyl (C=O) groups excluding carboxylic acids is 2. The minimum absolute atomic E-state index is 0.0702. The number of halogens is 3. The molecule has 2 heterocycles. The summed E-state index contributed by atoms with van der Waals surface area (Å²) >= 11 is 18.2. The molecule has 1 aromatic heterocycles. The highest BCUT2D eigenvalue weighted by Gasteiger charge is 2.28. The van der Waals surface area contributed by atoms with Crippen molar-refractivity contribution in [3.8, 4) is 0 Å². The highest BCUT2D eigenvalue weighted by Crippen LogP contribution is 2.32. The number of amides is 1. The molecular weight excluding hydrogens is 493 g/mol. The van der Waals surface area contributed by atoms with E-state index < -0.39 is 11.9 Å². The van der Waals surface area contributed by atoms with Gasteiger partial charge < -0.3 is 15.2 Å². The van der Waals surface area contributed by atoms with Crippen LogP contribution in [0.1, 0.15) is 38.0 Å². The van der Waals surface area contributed by atoms with Crippen LogP contribution in [-0.2, 0) is 6.54 Å². The van der Waals surface area contributed by atoms with Crippen LogP contribution in [0.25, 0.3) is 0 Å². The molecule has 1 aliphatic rings. The molecule has 4 aromatic rings. The summed E-state index contributed by atoms with van der Waals surface area (Å²) in [6.45, 7) is 0.691. The first kappa shape index (κ1) is 22.5. The van der Waals surface area contributed by atoms with E-state index in [2.05, 4.69) is 21.3 Å². The zero-order valence-corrected chi connectivity index (χ0v) is 20.0. The summed E-state index contributed by atoms with van der Waals surface area (Å²) in [4.78, 5) is 26.2. The van der Waals surface area contributed by atoms with Gasteiger partial charge in [0, 0.05) is 40.4 Å². The lowest BCUT2D eigenvalue weighted by Crippen LogP contribution is -2.22. The maximum absolute atomic E-state index is 13.5. The second-order valence-corrected chi connectivity index (χ2v) is 9.16. The molecule has 1 atom stereocenters. The first-order chi connectivity index (χ1) is 16.4. The third-order valence-electron chi connectivity index (χ3n) is 5.75. The molecule has 1 unspecified atom stereocenters. The number of benzene rings is 3. The molecule has 0 bridgehead atoms. The Balaban J connectivity index is 1.38. The van der Waals surface area contributed by atoms with Gasteiger partial charge in [-0.25, -0.2) is 0 Å². The summed E-state index contributed by atoms with van der Waals surface area (Å²) in [5.41, 5.74) is 4.15.